The minimum atomic E-state index is -0.598. The number of benzene rings is 10. The molecule has 3 aliphatic rings. The maximum atomic E-state index is 8.83. The average molecular weight is 888 g/mol. The Morgan fingerprint density at radius 3 is 1.65 bits per heavy atom. The first-order valence-electron chi connectivity index (χ1n) is 26.5. The first-order chi connectivity index (χ1) is 35.8. The minimum Gasteiger partial charge on any atom is -0.310 e. The molecule has 0 amide bonds. The number of nitrogens with zero attached hydrogens (tertiary/aromatic N) is 2. The Kier molecular flexibility index (Phi) is 7.31. The molecular formula is C67H50N2. The van der Waals surface area contributed by atoms with Gasteiger partial charge in [-0.2, -0.15) is 0 Å². The summed E-state index contributed by atoms with van der Waals surface area (Å²) in [5.74, 6) is 0. The predicted octanol–water partition coefficient (Wildman–Crippen LogP) is 17.2. The lowest BCUT2D eigenvalue weighted by molar-refractivity contribution is 0.630. The van der Waals surface area contributed by atoms with Crippen LogP contribution < -0.4 is 4.90 Å². The van der Waals surface area contributed by atoms with Crippen LogP contribution in [0.5, 0.6) is 0 Å². The molecule has 2 heterocycles. The van der Waals surface area contributed by atoms with Gasteiger partial charge in [-0.1, -0.05) is 203 Å². The van der Waals surface area contributed by atoms with Crippen LogP contribution in [0.25, 0.3) is 60.9 Å². The van der Waals surface area contributed by atoms with Crippen molar-refractivity contribution >= 4 is 38.9 Å². The molecule has 0 radical (unpaired) electrons. The standard InChI is InChI=1S/C67H50N2/c1-65(2)57-28-16-17-30-63(57)69-62-38-34-47(40-55(62)54-26-18-29-58(65)64(54)69)68(48-32-36-52-51-35-31-44(43-19-8-5-9-20-43)39-59(51)66(3,4)60(52)41-48)49-33-37-53-50-25-14-15-27-56(50)67(61(53)42-49,45-21-10-6-11-22-45)46-23-12-7-13-24-46/h5-42H,1-4H3/i5D,8D,9D,19D,20D. The molecule has 11 aromatic rings. The van der Waals surface area contributed by atoms with Crippen LogP contribution in [0, 0.1) is 0 Å². The molecule has 1 aromatic heterocycles. The van der Waals surface area contributed by atoms with Gasteiger partial charge in [0.1, 0.15) is 0 Å². The molecule has 2 nitrogen and oxygen atoms in total. The van der Waals surface area contributed by atoms with Crippen molar-refractivity contribution in [1.82, 2.24) is 4.57 Å². The van der Waals surface area contributed by atoms with Gasteiger partial charge in [-0.3, -0.25) is 0 Å². The summed E-state index contributed by atoms with van der Waals surface area (Å²) in [7, 11) is 0. The highest BCUT2D eigenvalue weighted by molar-refractivity contribution is 6.13. The summed E-state index contributed by atoms with van der Waals surface area (Å²) in [4.78, 5) is 2.44. The molecule has 0 fully saturated rings. The molecule has 0 N–H and O–H groups in total. The Morgan fingerprint density at radius 1 is 0.391 bits per heavy atom. The maximum absolute atomic E-state index is 8.83. The second-order valence-electron chi connectivity index (χ2n) is 20.1. The summed E-state index contributed by atoms with van der Waals surface area (Å²) < 4.78 is 45.3. The molecule has 2 heteroatoms. The normalized spacial score (nSPS) is 16.0. The monoisotopic (exact) mass is 887 g/mol. The van der Waals surface area contributed by atoms with Gasteiger partial charge in [0.25, 0.3) is 0 Å². The lowest BCUT2D eigenvalue weighted by Crippen LogP contribution is -2.28. The fourth-order valence-electron chi connectivity index (χ4n) is 12.7. The molecule has 10 aromatic carbocycles. The van der Waals surface area contributed by atoms with Crippen LogP contribution >= 0.6 is 0 Å². The van der Waals surface area contributed by atoms with E-state index in [1.807, 2.05) is 12.1 Å². The molecule has 69 heavy (non-hydrogen) atoms. The summed E-state index contributed by atoms with van der Waals surface area (Å²) in [6.07, 6.45) is 0. The third-order valence-corrected chi connectivity index (χ3v) is 15.9. The van der Waals surface area contributed by atoms with Gasteiger partial charge in [0, 0.05) is 38.7 Å². The second kappa shape index (κ2) is 14.4. The topological polar surface area (TPSA) is 8.17 Å². The van der Waals surface area contributed by atoms with Crippen molar-refractivity contribution in [3.8, 4) is 39.1 Å². The Morgan fingerprint density at radius 2 is 0.928 bits per heavy atom. The first-order valence-corrected chi connectivity index (χ1v) is 24.0. The average Bonchev–Trinajstić information content (AvgIpc) is 4.00. The Balaban J connectivity index is 1.01. The van der Waals surface area contributed by atoms with Crippen LogP contribution in [-0.2, 0) is 16.2 Å². The predicted molar refractivity (Wildman–Crippen MR) is 288 cm³/mol. The van der Waals surface area contributed by atoms with E-state index in [1.54, 1.807) is 0 Å². The Bertz CT molecular complexity index is 4140. The number of hydrogen-bond acceptors (Lipinski definition) is 1. The van der Waals surface area contributed by atoms with Gasteiger partial charge < -0.3 is 9.47 Å². The van der Waals surface area contributed by atoms with Crippen molar-refractivity contribution in [3.05, 3.63) is 275 Å². The highest BCUT2D eigenvalue weighted by Crippen LogP contribution is 2.58. The van der Waals surface area contributed by atoms with Gasteiger partial charge in [0.15, 0.2) is 0 Å². The quantitative estimate of drug-likeness (QED) is 0.161. The number of para-hydroxylation sites is 2. The number of anilines is 3. The molecule has 0 bridgehead atoms. The van der Waals surface area contributed by atoms with Crippen molar-refractivity contribution < 1.29 is 6.85 Å². The second-order valence-corrected chi connectivity index (χ2v) is 20.1. The smallest absolute Gasteiger partial charge is 0.0714 e. The minimum absolute atomic E-state index is 0.189. The van der Waals surface area contributed by atoms with Gasteiger partial charge in [-0.25, -0.2) is 0 Å². The highest BCUT2D eigenvalue weighted by atomic mass is 15.1. The Labute approximate surface area is 411 Å². The first kappa shape index (κ1) is 35.0. The molecule has 0 saturated carbocycles. The number of hydrogen-bond donors (Lipinski definition) is 0. The molecule has 328 valence electrons. The van der Waals surface area contributed by atoms with E-state index in [4.69, 9.17) is 6.85 Å². The lowest BCUT2D eigenvalue weighted by atomic mass is 9.67. The zero-order chi connectivity index (χ0) is 50.6. The Hall–Kier alpha value is -8.20. The van der Waals surface area contributed by atoms with Gasteiger partial charge in [0.2, 0.25) is 0 Å². The van der Waals surface area contributed by atoms with E-state index in [0.717, 1.165) is 44.8 Å². The van der Waals surface area contributed by atoms with Crippen LogP contribution in [0.2, 0.25) is 0 Å². The van der Waals surface area contributed by atoms with Crippen LogP contribution in [0.3, 0.4) is 0 Å². The van der Waals surface area contributed by atoms with E-state index in [9.17, 15) is 0 Å². The molecule has 0 unspecified atom stereocenters. The summed E-state index contributed by atoms with van der Waals surface area (Å²) in [6.45, 7) is 9.15. The van der Waals surface area contributed by atoms with Crippen molar-refractivity contribution in [2.45, 2.75) is 43.9 Å². The molecule has 1 aliphatic heterocycles. The van der Waals surface area contributed by atoms with Crippen molar-refractivity contribution in [2.75, 3.05) is 4.90 Å². The molecule has 14 rings (SSSR count). The van der Waals surface area contributed by atoms with E-state index in [2.05, 4.69) is 225 Å². The fourth-order valence-corrected chi connectivity index (χ4v) is 12.7. The summed E-state index contributed by atoms with van der Waals surface area (Å²) in [6, 6.07) is 71.9. The molecule has 0 spiro atoms. The van der Waals surface area contributed by atoms with E-state index >= 15 is 0 Å². The van der Waals surface area contributed by atoms with Crippen molar-refractivity contribution in [1.29, 1.82) is 0 Å². The summed E-state index contributed by atoms with van der Waals surface area (Å²) in [5, 5.41) is 2.40. The van der Waals surface area contributed by atoms with Crippen LogP contribution in [-0.4, -0.2) is 4.57 Å². The van der Waals surface area contributed by atoms with E-state index in [0.29, 0.717) is 5.56 Å². The largest absolute Gasteiger partial charge is 0.310 e. The number of fused-ring (bicyclic) bond motifs is 11. The molecule has 0 saturated heterocycles. The van der Waals surface area contributed by atoms with Gasteiger partial charge >= 0.3 is 0 Å². The number of aromatic nitrogens is 1. The van der Waals surface area contributed by atoms with E-state index in [-0.39, 0.29) is 35.1 Å². The van der Waals surface area contributed by atoms with E-state index in [1.165, 1.54) is 66.5 Å². The lowest BCUT2D eigenvalue weighted by Gasteiger charge is -2.35. The van der Waals surface area contributed by atoms with E-state index < -0.39 is 16.9 Å². The third-order valence-electron chi connectivity index (χ3n) is 15.9. The third kappa shape index (κ3) is 5.43. The molecule has 2 aliphatic carbocycles. The van der Waals surface area contributed by atoms with Crippen LogP contribution in [0.1, 0.15) is 79.1 Å². The van der Waals surface area contributed by atoms with Gasteiger partial charge in [-0.15, -0.1) is 0 Å². The van der Waals surface area contributed by atoms with Gasteiger partial charge in [0.05, 0.1) is 29.0 Å². The van der Waals surface area contributed by atoms with Crippen LogP contribution in [0.15, 0.2) is 230 Å². The molecular weight excluding hydrogens is 833 g/mol. The van der Waals surface area contributed by atoms with Crippen molar-refractivity contribution in [2.24, 2.45) is 0 Å². The number of rotatable bonds is 6. The summed E-state index contributed by atoms with van der Waals surface area (Å²) in [5.41, 5.74) is 20.6. The highest BCUT2D eigenvalue weighted by Gasteiger charge is 2.46. The SMILES string of the molecule is [2H]c1c([2H])c([2H])c(-c2ccc3c(c2)C(C)(C)c2cc(N(c4ccc5c(c4)C(c4ccccc4)(c4ccccc4)c4ccccc4-5)c4ccc5c(c4)c4cccc6c4n5-c4ccccc4C6(C)C)ccc2-3)c([2H])c1[2H]. The van der Waals surface area contributed by atoms with Crippen LogP contribution in [0.4, 0.5) is 17.1 Å². The van der Waals surface area contributed by atoms with Crippen molar-refractivity contribution in [3.63, 3.8) is 0 Å². The van der Waals surface area contributed by atoms with Gasteiger partial charge in [-0.05, 0) is 132 Å². The zero-order valence-corrected chi connectivity index (χ0v) is 38.9. The molecule has 0 atom stereocenters. The fraction of sp³-hybridized carbons (Fsp3) is 0.104. The maximum Gasteiger partial charge on any atom is 0.0714 e. The summed E-state index contributed by atoms with van der Waals surface area (Å²) >= 11 is 0. The zero-order valence-electron chi connectivity index (χ0n) is 43.9.